The van der Waals surface area contributed by atoms with E-state index in [-0.39, 0.29) is 5.56 Å². The molecule has 2 aromatic carbocycles. The molecular formula is C23H18N4O2S2. The monoisotopic (exact) mass is 446 g/mol. The molecule has 0 atom stereocenters. The highest BCUT2D eigenvalue weighted by Crippen LogP contribution is 2.31. The quantitative estimate of drug-likeness (QED) is 0.353. The highest BCUT2D eigenvalue weighted by atomic mass is 32.2. The number of benzene rings is 2. The van der Waals surface area contributed by atoms with Gasteiger partial charge < -0.3 is 9.40 Å². The molecule has 0 fully saturated rings. The number of hydrogen-bond donors (Lipinski definition) is 1. The standard InChI is InChI=1S/C23H18N4O2S2/c1-13-8-9-16(10-14(13)2)21-26-27-23(29-21)31-12-18-24-20(28)19-17(11-30-22(19)25-18)15-6-4-3-5-7-15/h3-11H,12H2,1-2H3,(H,24,25,28). The first-order valence-electron chi connectivity index (χ1n) is 9.68. The SMILES string of the molecule is Cc1ccc(-c2nnc(SCc3nc4scc(-c5ccccc5)c4c(=O)[nH]3)o2)cc1C. The second-order valence-corrected chi connectivity index (χ2v) is 8.95. The van der Waals surface area contributed by atoms with Crippen LogP contribution >= 0.6 is 23.1 Å². The van der Waals surface area contributed by atoms with Gasteiger partial charge in [0.05, 0.1) is 11.1 Å². The van der Waals surface area contributed by atoms with Gasteiger partial charge in [-0.3, -0.25) is 4.79 Å². The van der Waals surface area contributed by atoms with Crippen LogP contribution in [-0.4, -0.2) is 20.2 Å². The average Bonchev–Trinajstić information content (AvgIpc) is 3.42. The first-order valence-corrected chi connectivity index (χ1v) is 11.5. The van der Waals surface area contributed by atoms with Crippen LogP contribution in [0.4, 0.5) is 0 Å². The van der Waals surface area contributed by atoms with Gasteiger partial charge in [0.15, 0.2) is 0 Å². The molecule has 0 aliphatic carbocycles. The summed E-state index contributed by atoms with van der Waals surface area (Å²) in [7, 11) is 0. The number of thioether (sulfide) groups is 1. The number of aromatic amines is 1. The van der Waals surface area contributed by atoms with Gasteiger partial charge in [0.2, 0.25) is 5.89 Å². The molecule has 154 valence electrons. The van der Waals surface area contributed by atoms with Gasteiger partial charge in [-0.05, 0) is 42.7 Å². The fourth-order valence-corrected chi connectivity index (χ4v) is 4.88. The molecule has 0 saturated carbocycles. The summed E-state index contributed by atoms with van der Waals surface area (Å²) in [6, 6.07) is 15.9. The van der Waals surface area contributed by atoms with Crippen LogP contribution in [0.25, 0.3) is 32.8 Å². The number of nitrogens with zero attached hydrogens (tertiary/aromatic N) is 3. The summed E-state index contributed by atoms with van der Waals surface area (Å²) in [4.78, 5) is 21.0. The summed E-state index contributed by atoms with van der Waals surface area (Å²) in [5, 5.41) is 11.3. The largest absolute Gasteiger partial charge is 0.411 e. The van der Waals surface area contributed by atoms with Crippen molar-refractivity contribution in [1.82, 2.24) is 20.2 Å². The predicted octanol–water partition coefficient (Wildman–Crippen LogP) is 5.61. The van der Waals surface area contributed by atoms with Crippen LogP contribution in [0.15, 0.2) is 68.3 Å². The minimum Gasteiger partial charge on any atom is -0.411 e. The zero-order chi connectivity index (χ0) is 21.4. The highest BCUT2D eigenvalue weighted by Gasteiger charge is 2.14. The van der Waals surface area contributed by atoms with Crippen LogP contribution in [0, 0.1) is 13.8 Å². The van der Waals surface area contributed by atoms with Crippen LogP contribution in [0.3, 0.4) is 0 Å². The molecule has 3 aromatic heterocycles. The average molecular weight is 447 g/mol. The normalized spacial score (nSPS) is 11.3. The van der Waals surface area contributed by atoms with Crippen LogP contribution in [-0.2, 0) is 5.75 Å². The van der Waals surface area contributed by atoms with Crippen molar-refractivity contribution in [2.24, 2.45) is 0 Å². The maximum Gasteiger partial charge on any atom is 0.277 e. The number of fused-ring (bicyclic) bond motifs is 1. The lowest BCUT2D eigenvalue weighted by Crippen LogP contribution is -2.10. The number of aromatic nitrogens is 4. The van der Waals surface area contributed by atoms with Crippen LogP contribution in [0.2, 0.25) is 0 Å². The summed E-state index contributed by atoms with van der Waals surface area (Å²) in [6.07, 6.45) is 0. The lowest BCUT2D eigenvalue weighted by molar-refractivity contribution is 0.465. The molecule has 1 N–H and O–H groups in total. The van der Waals surface area contributed by atoms with Crippen molar-refractivity contribution in [3.63, 3.8) is 0 Å². The van der Waals surface area contributed by atoms with E-state index in [0.717, 1.165) is 21.5 Å². The Morgan fingerprint density at radius 2 is 1.87 bits per heavy atom. The summed E-state index contributed by atoms with van der Waals surface area (Å²) < 4.78 is 5.79. The fraction of sp³-hybridized carbons (Fsp3) is 0.130. The number of aryl methyl sites for hydroxylation is 2. The van der Waals surface area contributed by atoms with E-state index in [1.165, 1.54) is 34.2 Å². The van der Waals surface area contributed by atoms with Crippen LogP contribution in [0.5, 0.6) is 0 Å². The van der Waals surface area contributed by atoms with Gasteiger partial charge in [-0.2, -0.15) is 0 Å². The van der Waals surface area contributed by atoms with Gasteiger partial charge in [-0.15, -0.1) is 21.5 Å². The molecular weight excluding hydrogens is 428 g/mol. The Balaban J connectivity index is 1.36. The molecule has 6 nitrogen and oxygen atoms in total. The predicted molar refractivity (Wildman–Crippen MR) is 124 cm³/mol. The van der Waals surface area contributed by atoms with Gasteiger partial charge >= 0.3 is 0 Å². The molecule has 8 heteroatoms. The molecule has 0 unspecified atom stereocenters. The lowest BCUT2D eigenvalue weighted by atomic mass is 10.1. The highest BCUT2D eigenvalue weighted by molar-refractivity contribution is 7.98. The van der Waals surface area contributed by atoms with E-state index >= 15 is 0 Å². The molecule has 31 heavy (non-hydrogen) atoms. The molecule has 0 radical (unpaired) electrons. The van der Waals surface area contributed by atoms with E-state index in [0.29, 0.717) is 28.1 Å². The lowest BCUT2D eigenvalue weighted by Gasteiger charge is -2.01. The Labute approximate surface area is 186 Å². The summed E-state index contributed by atoms with van der Waals surface area (Å²) in [5.41, 5.74) is 5.05. The second kappa shape index (κ2) is 8.13. The Morgan fingerprint density at radius 1 is 1.03 bits per heavy atom. The zero-order valence-electron chi connectivity index (χ0n) is 16.9. The number of H-pyrrole nitrogens is 1. The first-order chi connectivity index (χ1) is 15.1. The topological polar surface area (TPSA) is 84.7 Å². The van der Waals surface area contributed by atoms with Crippen molar-refractivity contribution >= 4 is 33.3 Å². The minimum atomic E-state index is -0.137. The maximum atomic E-state index is 12.8. The molecule has 0 aliphatic rings. The molecule has 3 heterocycles. The van der Waals surface area contributed by atoms with Crippen molar-refractivity contribution < 1.29 is 4.42 Å². The van der Waals surface area contributed by atoms with Crippen molar-refractivity contribution in [3.8, 4) is 22.6 Å². The fourth-order valence-electron chi connectivity index (χ4n) is 3.28. The van der Waals surface area contributed by atoms with E-state index in [4.69, 9.17) is 4.42 Å². The molecule has 5 rings (SSSR count). The molecule has 0 spiro atoms. The van der Waals surface area contributed by atoms with E-state index in [1.54, 1.807) is 0 Å². The molecule has 0 bridgehead atoms. The summed E-state index contributed by atoms with van der Waals surface area (Å²) in [5.74, 6) is 1.49. The van der Waals surface area contributed by atoms with Gasteiger partial charge in [0, 0.05) is 16.5 Å². The zero-order valence-corrected chi connectivity index (χ0v) is 18.5. The third-order valence-corrected chi connectivity index (χ3v) is 6.77. The van der Waals surface area contributed by atoms with Gasteiger partial charge in [-0.25, -0.2) is 4.98 Å². The number of rotatable bonds is 5. The second-order valence-electron chi connectivity index (χ2n) is 7.17. The van der Waals surface area contributed by atoms with Gasteiger partial charge in [-0.1, -0.05) is 48.2 Å². The number of nitrogens with one attached hydrogen (secondary N) is 1. The summed E-state index contributed by atoms with van der Waals surface area (Å²) in [6.45, 7) is 4.12. The Kier molecular flexibility index (Phi) is 5.17. The Morgan fingerprint density at radius 3 is 2.68 bits per heavy atom. The van der Waals surface area contributed by atoms with Crippen molar-refractivity contribution in [2.75, 3.05) is 0 Å². The van der Waals surface area contributed by atoms with Crippen LogP contribution in [0.1, 0.15) is 17.0 Å². The van der Waals surface area contributed by atoms with E-state index in [2.05, 4.69) is 34.0 Å². The first kappa shape index (κ1) is 19.7. The van der Waals surface area contributed by atoms with Gasteiger partial charge in [0.1, 0.15) is 10.7 Å². The van der Waals surface area contributed by atoms with E-state index in [1.807, 2.05) is 53.9 Å². The molecule has 0 aliphatic heterocycles. The third kappa shape index (κ3) is 3.92. The maximum absolute atomic E-state index is 12.8. The molecule has 0 saturated heterocycles. The van der Waals surface area contributed by atoms with Crippen molar-refractivity contribution in [1.29, 1.82) is 0 Å². The summed E-state index contributed by atoms with van der Waals surface area (Å²) >= 11 is 2.82. The Hall–Kier alpha value is -3.23. The van der Waals surface area contributed by atoms with E-state index in [9.17, 15) is 4.79 Å². The minimum absolute atomic E-state index is 0.137. The third-order valence-electron chi connectivity index (χ3n) is 5.07. The Bertz CT molecular complexity index is 1440. The molecule has 5 aromatic rings. The molecule has 0 amide bonds. The number of hydrogen-bond acceptors (Lipinski definition) is 7. The van der Waals surface area contributed by atoms with Crippen molar-refractivity contribution in [3.05, 3.63) is 81.2 Å². The van der Waals surface area contributed by atoms with Gasteiger partial charge in [0.25, 0.3) is 10.8 Å². The number of thiophene rings is 1. The van der Waals surface area contributed by atoms with Crippen LogP contribution < -0.4 is 5.56 Å². The van der Waals surface area contributed by atoms with Crippen molar-refractivity contribution in [2.45, 2.75) is 24.8 Å². The van der Waals surface area contributed by atoms with E-state index < -0.39 is 0 Å². The smallest absolute Gasteiger partial charge is 0.277 e.